The van der Waals surface area contributed by atoms with Crippen molar-refractivity contribution in [2.24, 2.45) is 5.41 Å². The molecule has 0 bridgehead atoms. The average molecular weight is 257 g/mol. The monoisotopic (exact) mass is 257 g/mol. The fourth-order valence-corrected chi connectivity index (χ4v) is 3.94. The molecule has 0 spiro atoms. The Morgan fingerprint density at radius 3 is 2.72 bits per heavy atom. The summed E-state index contributed by atoms with van der Waals surface area (Å²) in [6.07, 6.45) is 3.07. The highest BCUT2D eigenvalue weighted by Crippen LogP contribution is 2.49. The average Bonchev–Trinajstić information content (AvgIpc) is 3.05. The first kappa shape index (κ1) is 11.7. The molecule has 1 saturated carbocycles. The third-order valence-corrected chi connectivity index (χ3v) is 5.03. The van der Waals surface area contributed by atoms with Crippen LogP contribution < -0.4 is 0 Å². The number of aliphatic hydroxyl groups excluding tert-OH is 1. The summed E-state index contributed by atoms with van der Waals surface area (Å²) in [5.74, 6) is 0. The van der Waals surface area contributed by atoms with Crippen molar-refractivity contribution in [2.75, 3.05) is 0 Å². The molecule has 0 amide bonds. The van der Waals surface area contributed by atoms with E-state index in [1.807, 2.05) is 23.6 Å². The van der Waals surface area contributed by atoms with Crippen LogP contribution >= 0.6 is 11.3 Å². The molecule has 1 aliphatic rings. The van der Waals surface area contributed by atoms with Crippen LogP contribution in [-0.4, -0.2) is 5.11 Å². The minimum Gasteiger partial charge on any atom is -0.387 e. The lowest BCUT2D eigenvalue weighted by atomic mass is 9.79. The zero-order valence-electron chi connectivity index (χ0n) is 10.1. The molecule has 18 heavy (non-hydrogen) atoms. The minimum absolute atomic E-state index is 0.566. The third kappa shape index (κ3) is 1.65. The Kier molecular flexibility index (Phi) is 2.85. The highest BCUT2D eigenvalue weighted by molar-refractivity contribution is 7.17. The fourth-order valence-electron chi connectivity index (χ4n) is 2.96. The summed E-state index contributed by atoms with van der Waals surface area (Å²) in [7, 11) is 0. The number of rotatable bonds is 2. The van der Waals surface area contributed by atoms with E-state index < -0.39 is 11.5 Å². The molecule has 1 N–H and O–H groups in total. The molecule has 3 rings (SSSR count). The van der Waals surface area contributed by atoms with Gasteiger partial charge in [-0.05, 0) is 29.7 Å². The Morgan fingerprint density at radius 2 is 2.00 bits per heavy atom. The Morgan fingerprint density at radius 1 is 1.28 bits per heavy atom. The zero-order valence-corrected chi connectivity index (χ0v) is 10.9. The lowest BCUT2D eigenvalue weighted by molar-refractivity contribution is 0.0687. The number of nitrogens with zero attached hydrogens (tertiary/aromatic N) is 1. The molecule has 1 unspecified atom stereocenters. The van der Waals surface area contributed by atoms with E-state index in [0.29, 0.717) is 0 Å². The van der Waals surface area contributed by atoms with Crippen molar-refractivity contribution < 1.29 is 5.11 Å². The second-order valence-electron chi connectivity index (χ2n) is 5.06. The van der Waals surface area contributed by atoms with Crippen LogP contribution in [0.2, 0.25) is 0 Å². The van der Waals surface area contributed by atoms with Gasteiger partial charge >= 0.3 is 0 Å². The number of thiophene rings is 1. The van der Waals surface area contributed by atoms with Crippen LogP contribution in [0.5, 0.6) is 0 Å². The van der Waals surface area contributed by atoms with E-state index in [-0.39, 0.29) is 0 Å². The van der Waals surface area contributed by atoms with Crippen molar-refractivity contribution in [1.82, 2.24) is 0 Å². The van der Waals surface area contributed by atoms with E-state index in [4.69, 9.17) is 0 Å². The lowest BCUT2D eigenvalue weighted by Crippen LogP contribution is -2.23. The molecule has 1 aromatic carbocycles. The predicted octanol–water partition coefficient (Wildman–Crippen LogP) is 4.02. The maximum atomic E-state index is 10.6. The SMILES string of the molecule is N#CC1(C(O)c2csc3ccccc23)CCCC1. The van der Waals surface area contributed by atoms with E-state index in [9.17, 15) is 10.4 Å². The minimum atomic E-state index is -0.652. The normalized spacial score (nSPS) is 19.8. The van der Waals surface area contributed by atoms with E-state index >= 15 is 0 Å². The molecule has 1 atom stereocenters. The molecule has 2 nitrogen and oxygen atoms in total. The van der Waals surface area contributed by atoms with Crippen molar-refractivity contribution in [3.8, 4) is 6.07 Å². The van der Waals surface area contributed by atoms with Gasteiger partial charge < -0.3 is 5.11 Å². The van der Waals surface area contributed by atoms with E-state index in [1.165, 1.54) is 4.70 Å². The first-order valence-electron chi connectivity index (χ1n) is 6.32. The molecule has 1 fully saturated rings. The molecular formula is C15H15NOS. The van der Waals surface area contributed by atoms with E-state index in [2.05, 4.69) is 12.1 Å². The van der Waals surface area contributed by atoms with Gasteiger partial charge in [0, 0.05) is 10.3 Å². The van der Waals surface area contributed by atoms with Crippen LogP contribution in [0.1, 0.15) is 37.4 Å². The highest BCUT2D eigenvalue weighted by atomic mass is 32.1. The van der Waals surface area contributed by atoms with Gasteiger partial charge in [0.15, 0.2) is 0 Å². The Balaban J connectivity index is 2.07. The second-order valence-corrected chi connectivity index (χ2v) is 5.98. The first-order chi connectivity index (χ1) is 8.77. The fraction of sp³-hybridized carbons (Fsp3) is 0.400. The van der Waals surface area contributed by atoms with E-state index in [1.54, 1.807) is 11.3 Å². The van der Waals surface area contributed by atoms with Crippen LogP contribution in [0.25, 0.3) is 10.1 Å². The largest absolute Gasteiger partial charge is 0.387 e. The first-order valence-corrected chi connectivity index (χ1v) is 7.20. The number of aliphatic hydroxyl groups is 1. The summed E-state index contributed by atoms with van der Waals surface area (Å²) in [6, 6.07) is 10.5. The van der Waals surface area contributed by atoms with Gasteiger partial charge in [0.1, 0.15) is 0 Å². The van der Waals surface area contributed by atoms with Gasteiger partial charge in [0.25, 0.3) is 0 Å². The van der Waals surface area contributed by atoms with Crippen LogP contribution in [-0.2, 0) is 0 Å². The summed E-state index contributed by atoms with van der Waals surface area (Å²) in [5.41, 5.74) is 0.364. The summed E-state index contributed by atoms with van der Waals surface area (Å²) in [6.45, 7) is 0. The van der Waals surface area contributed by atoms with Gasteiger partial charge in [-0.25, -0.2) is 0 Å². The standard InChI is InChI=1S/C15H15NOS/c16-10-15(7-3-4-8-15)14(17)12-9-18-13-6-2-1-5-11(12)13/h1-2,5-6,9,14,17H,3-4,7-8H2. The summed E-state index contributed by atoms with van der Waals surface area (Å²) in [4.78, 5) is 0. The van der Waals surface area contributed by atoms with Crippen LogP contribution in [0.4, 0.5) is 0 Å². The summed E-state index contributed by atoms with van der Waals surface area (Å²) < 4.78 is 1.18. The van der Waals surface area contributed by atoms with Gasteiger partial charge in [-0.3, -0.25) is 0 Å². The van der Waals surface area contributed by atoms with Crippen molar-refractivity contribution in [1.29, 1.82) is 5.26 Å². The van der Waals surface area contributed by atoms with Crippen LogP contribution in [0, 0.1) is 16.7 Å². The highest BCUT2D eigenvalue weighted by Gasteiger charge is 2.42. The van der Waals surface area contributed by atoms with E-state index in [0.717, 1.165) is 36.6 Å². The molecule has 0 saturated heterocycles. The quantitative estimate of drug-likeness (QED) is 0.883. The van der Waals surface area contributed by atoms with Gasteiger partial charge in [-0.1, -0.05) is 31.0 Å². The molecule has 1 heterocycles. The van der Waals surface area contributed by atoms with Gasteiger partial charge in [-0.15, -0.1) is 11.3 Å². The number of benzene rings is 1. The smallest absolute Gasteiger partial charge is 0.0990 e. The zero-order chi connectivity index (χ0) is 12.6. The van der Waals surface area contributed by atoms with Gasteiger partial charge in [0.2, 0.25) is 0 Å². The number of nitriles is 1. The maximum Gasteiger partial charge on any atom is 0.0990 e. The van der Waals surface area contributed by atoms with Crippen LogP contribution in [0.3, 0.4) is 0 Å². The number of hydrogen-bond donors (Lipinski definition) is 1. The van der Waals surface area contributed by atoms with Crippen molar-refractivity contribution >= 4 is 21.4 Å². The van der Waals surface area contributed by atoms with Gasteiger partial charge in [0.05, 0.1) is 17.6 Å². The predicted molar refractivity (Wildman–Crippen MR) is 73.3 cm³/mol. The summed E-state index contributed by atoms with van der Waals surface area (Å²) in [5, 5.41) is 23.2. The number of hydrogen-bond acceptors (Lipinski definition) is 3. The van der Waals surface area contributed by atoms with Gasteiger partial charge in [-0.2, -0.15) is 5.26 Å². The van der Waals surface area contributed by atoms with Crippen molar-refractivity contribution in [2.45, 2.75) is 31.8 Å². The van der Waals surface area contributed by atoms with Crippen molar-refractivity contribution in [3.05, 3.63) is 35.2 Å². The van der Waals surface area contributed by atoms with Crippen LogP contribution in [0.15, 0.2) is 29.6 Å². The lowest BCUT2D eigenvalue weighted by Gasteiger charge is -2.26. The Bertz CT molecular complexity index is 604. The molecule has 1 aliphatic carbocycles. The number of fused-ring (bicyclic) bond motifs is 1. The molecular weight excluding hydrogens is 242 g/mol. The molecule has 0 aliphatic heterocycles. The molecule has 2 aromatic rings. The molecule has 3 heteroatoms. The molecule has 0 radical (unpaired) electrons. The Labute approximate surface area is 110 Å². The summed E-state index contributed by atoms with van der Waals surface area (Å²) >= 11 is 1.64. The Hall–Kier alpha value is -1.37. The molecule has 1 aromatic heterocycles. The maximum absolute atomic E-state index is 10.6. The molecule has 92 valence electrons. The third-order valence-electron chi connectivity index (χ3n) is 4.05. The topological polar surface area (TPSA) is 44.0 Å². The van der Waals surface area contributed by atoms with Crippen molar-refractivity contribution in [3.63, 3.8) is 0 Å². The second kappa shape index (κ2) is 4.38.